The van der Waals surface area contributed by atoms with Gasteiger partial charge in [-0.1, -0.05) is 33.3 Å². The van der Waals surface area contributed by atoms with Gasteiger partial charge in [-0.3, -0.25) is 9.69 Å². The SMILES string of the molecule is Cc1cc([C@@H](C)n2cc(CN3[C@H](C)CN(C(=O)c4c(-n5c(C)ccc5C)sc(C)c4C)C[C@@H]3C)nn2)ccc1Br. The number of thiophene rings is 1. The molecule has 0 saturated carbocycles. The molecule has 3 aromatic heterocycles. The third-order valence-corrected chi connectivity index (χ3v) is 10.5. The predicted molar refractivity (Wildman–Crippen MR) is 166 cm³/mol. The number of hydrogen-bond acceptors (Lipinski definition) is 5. The van der Waals surface area contributed by atoms with E-state index in [2.05, 4.69) is 128 Å². The minimum Gasteiger partial charge on any atom is -0.335 e. The number of rotatable bonds is 6. The maximum Gasteiger partial charge on any atom is 0.257 e. The average Bonchev–Trinajstić information content (AvgIpc) is 3.59. The van der Waals surface area contributed by atoms with Crippen LogP contribution in [-0.2, 0) is 6.54 Å². The normalized spacial score (nSPS) is 18.9. The van der Waals surface area contributed by atoms with Crippen molar-refractivity contribution in [3.8, 4) is 5.00 Å². The van der Waals surface area contributed by atoms with E-state index >= 15 is 0 Å². The summed E-state index contributed by atoms with van der Waals surface area (Å²) in [6, 6.07) is 11.1. The standard InChI is InChI=1S/C31H39BrN6OS/c1-18-13-26(11-12-28(18)32)24(7)37-17-27(33-34-37)16-36-21(4)14-35(15-22(36)5)30(39)29-23(6)25(8)40-31(29)38-19(2)9-10-20(38)3/h9-13,17,21-22,24H,14-16H2,1-8H3/t21-,22+,24-/m1/s1. The molecule has 0 aliphatic carbocycles. The van der Waals surface area contributed by atoms with Crippen LogP contribution in [0.15, 0.2) is 41.0 Å². The molecule has 1 aliphatic heterocycles. The maximum atomic E-state index is 14.1. The van der Waals surface area contributed by atoms with Gasteiger partial charge in [-0.2, -0.15) is 0 Å². The van der Waals surface area contributed by atoms with Crippen molar-refractivity contribution in [2.45, 2.75) is 80.1 Å². The number of amides is 1. The van der Waals surface area contributed by atoms with Crippen molar-refractivity contribution in [2.24, 2.45) is 0 Å². The summed E-state index contributed by atoms with van der Waals surface area (Å²) in [5.74, 6) is 0.132. The van der Waals surface area contributed by atoms with E-state index in [1.165, 1.54) is 16.0 Å². The largest absolute Gasteiger partial charge is 0.335 e. The lowest BCUT2D eigenvalue weighted by molar-refractivity contribution is 0.0264. The Morgan fingerprint density at radius 1 is 1.05 bits per heavy atom. The van der Waals surface area contributed by atoms with Gasteiger partial charge in [0, 0.05) is 52.5 Å². The molecule has 4 aromatic rings. The van der Waals surface area contributed by atoms with E-state index in [9.17, 15) is 4.79 Å². The molecule has 0 unspecified atom stereocenters. The third kappa shape index (κ3) is 5.31. The number of carbonyl (C=O) groups excluding carboxylic acids is 1. The van der Waals surface area contributed by atoms with Crippen LogP contribution in [0.4, 0.5) is 0 Å². The smallest absolute Gasteiger partial charge is 0.257 e. The van der Waals surface area contributed by atoms with Crippen LogP contribution in [0.25, 0.3) is 5.00 Å². The number of nitrogens with zero attached hydrogens (tertiary/aromatic N) is 6. The zero-order valence-electron chi connectivity index (χ0n) is 24.7. The van der Waals surface area contributed by atoms with Crippen LogP contribution in [0.2, 0.25) is 0 Å². The minimum absolute atomic E-state index is 0.0939. The zero-order valence-corrected chi connectivity index (χ0v) is 27.1. The average molecular weight is 624 g/mol. The Kier molecular flexibility index (Phi) is 8.10. The molecule has 4 heterocycles. The topological polar surface area (TPSA) is 59.2 Å². The van der Waals surface area contributed by atoms with Gasteiger partial charge < -0.3 is 9.47 Å². The van der Waals surface area contributed by atoms with Crippen LogP contribution in [0.1, 0.15) is 75.8 Å². The van der Waals surface area contributed by atoms with Crippen LogP contribution in [-0.4, -0.2) is 60.4 Å². The van der Waals surface area contributed by atoms with E-state index in [4.69, 9.17) is 0 Å². The lowest BCUT2D eigenvalue weighted by Gasteiger charge is -2.44. The van der Waals surface area contributed by atoms with Crippen molar-refractivity contribution in [3.63, 3.8) is 0 Å². The van der Waals surface area contributed by atoms with Gasteiger partial charge in [-0.25, -0.2) is 4.68 Å². The summed E-state index contributed by atoms with van der Waals surface area (Å²) in [5.41, 5.74) is 7.59. The molecular weight excluding hydrogens is 584 g/mol. The minimum atomic E-state index is 0.0939. The fourth-order valence-electron chi connectivity index (χ4n) is 5.84. The Labute approximate surface area is 249 Å². The molecule has 0 N–H and O–H groups in total. The van der Waals surface area contributed by atoms with Gasteiger partial charge in [0.15, 0.2) is 0 Å². The van der Waals surface area contributed by atoms with E-state index < -0.39 is 0 Å². The van der Waals surface area contributed by atoms with E-state index in [-0.39, 0.29) is 24.0 Å². The zero-order chi connectivity index (χ0) is 28.9. The summed E-state index contributed by atoms with van der Waals surface area (Å²) in [7, 11) is 0. The Balaban J connectivity index is 1.31. The first-order valence-electron chi connectivity index (χ1n) is 13.9. The van der Waals surface area contributed by atoms with Gasteiger partial charge in [-0.15, -0.1) is 16.4 Å². The van der Waals surface area contributed by atoms with Gasteiger partial charge >= 0.3 is 0 Å². The molecule has 9 heteroatoms. The fourth-order valence-corrected chi connectivity index (χ4v) is 7.36. The van der Waals surface area contributed by atoms with Crippen molar-refractivity contribution >= 4 is 33.2 Å². The summed E-state index contributed by atoms with van der Waals surface area (Å²) >= 11 is 5.30. The lowest BCUT2D eigenvalue weighted by Crippen LogP contribution is -2.57. The van der Waals surface area contributed by atoms with Gasteiger partial charge in [-0.05, 0) is 90.3 Å². The van der Waals surface area contributed by atoms with Crippen LogP contribution in [0.5, 0.6) is 0 Å². The monoisotopic (exact) mass is 622 g/mol. The van der Waals surface area contributed by atoms with Crippen molar-refractivity contribution in [1.29, 1.82) is 0 Å². The molecule has 1 fully saturated rings. The molecule has 0 radical (unpaired) electrons. The molecular formula is C31H39BrN6OS. The molecule has 1 aromatic carbocycles. The summed E-state index contributed by atoms with van der Waals surface area (Å²) in [4.78, 5) is 19.7. The number of aryl methyl sites for hydroxylation is 4. The number of hydrogen-bond donors (Lipinski definition) is 0. The number of halogens is 1. The number of aromatic nitrogens is 4. The lowest BCUT2D eigenvalue weighted by atomic mass is 10.0. The molecule has 5 rings (SSSR count). The molecule has 212 valence electrons. The Morgan fingerprint density at radius 2 is 1.70 bits per heavy atom. The highest BCUT2D eigenvalue weighted by Gasteiger charge is 2.35. The molecule has 1 aliphatic rings. The molecule has 3 atom stereocenters. The van der Waals surface area contributed by atoms with Gasteiger partial charge in [0.1, 0.15) is 5.00 Å². The highest BCUT2D eigenvalue weighted by atomic mass is 79.9. The predicted octanol–water partition coefficient (Wildman–Crippen LogP) is 6.78. The number of benzene rings is 1. The van der Waals surface area contributed by atoms with Crippen LogP contribution >= 0.6 is 27.3 Å². The van der Waals surface area contributed by atoms with E-state index in [0.717, 1.165) is 37.7 Å². The van der Waals surface area contributed by atoms with E-state index in [1.807, 2.05) is 9.58 Å². The summed E-state index contributed by atoms with van der Waals surface area (Å²) in [6.07, 6.45) is 2.06. The van der Waals surface area contributed by atoms with Crippen LogP contribution in [0.3, 0.4) is 0 Å². The molecule has 40 heavy (non-hydrogen) atoms. The van der Waals surface area contributed by atoms with Gasteiger partial charge in [0.25, 0.3) is 5.91 Å². The highest BCUT2D eigenvalue weighted by Crippen LogP contribution is 2.35. The number of piperazine rings is 1. The molecule has 0 bridgehead atoms. The van der Waals surface area contributed by atoms with Crippen molar-refractivity contribution in [3.05, 3.63) is 85.2 Å². The van der Waals surface area contributed by atoms with Crippen LogP contribution in [0, 0.1) is 34.6 Å². The molecule has 7 nitrogen and oxygen atoms in total. The summed E-state index contributed by atoms with van der Waals surface area (Å²) in [6.45, 7) is 19.1. The van der Waals surface area contributed by atoms with Crippen molar-refractivity contribution in [1.82, 2.24) is 29.4 Å². The quantitative estimate of drug-likeness (QED) is 0.238. The Hall–Kier alpha value is -2.75. The second-order valence-corrected chi connectivity index (χ2v) is 13.4. The highest BCUT2D eigenvalue weighted by molar-refractivity contribution is 9.10. The Bertz CT molecular complexity index is 1520. The van der Waals surface area contributed by atoms with Crippen LogP contribution < -0.4 is 0 Å². The fraction of sp³-hybridized carbons (Fsp3) is 0.452. The third-order valence-electron chi connectivity index (χ3n) is 8.41. The van der Waals surface area contributed by atoms with Gasteiger partial charge in [0.05, 0.1) is 23.5 Å². The first-order chi connectivity index (χ1) is 19.0. The van der Waals surface area contributed by atoms with Crippen molar-refractivity contribution in [2.75, 3.05) is 13.1 Å². The van der Waals surface area contributed by atoms with Crippen molar-refractivity contribution < 1.29 is 4.79 Å². The first-order valence-corrected chi connectivity index (χ1v) is 15.5. The molecule has 1 amide bonds. The summed E-state index contributed by atoms with van der Waals surface area (Å²) < 4.78 is 5.28. The Morgan fingerprint density at radius 3 is 2.33 bits per heavy atom. The van der Waals surface area contributed by atoms with E-state index in [0.29, 0.717) is 19.6 Å². The second kappa shape index (κ2) is 11.3. The van der Waals surface area contributed by atoms with Gasteiger partial charge in [0.2, 0.25) is 0 Å². The second-order valence-electron chi connectivity index (χ2n) is 11.4. The summed E-state index contributed by atoms with van der Waals surface area (Å²) in [5, 5.41) is 10.0. The molecule has 1 saturated heterocycles. The first kappa shape index (κ1) is 28.8. The number of carbonyl (C=O) groups is 1. The molecule has 0 spiro atoms. The van der Waals surface area contributed by atoms with E-state index in [1.54, 1.807) is 11.3 Å². The maximum absolute atomic E-state index is 14.1.